The van der Waals surface area contributed by atoms with Crippen molar-refractivity contribution < 1.29 is 19.7 Å². The summed E-state index contributed by atoms with van der Waals surface area (Å²) in [6, 6.07) is 10.8. The van der Waals surface area contributed by atoms with E-state index in [0.29, 0.717) is 0 Å². The predicted octanol–water partition coefficient (Wildman–Crippen LogP) is 4.94. The molecule has 3 rings (SSSR count). The second-order valence-corrected chi connectivity index (χ2v) is 6.58. The van der Waals surface area contributed by atoms with Crippen LogP contribution in [0.25, 0.3) is 22.3 Å². The zero-order chi connectivity index (χ0) is 22.9. The summed E-state index contributed by atoms with van der Waals surface area (Å²) in [5, 5.41) is 45.6. The maximum absolute atomic E-state index is 11.6. The molecular weight excluding hydrogens is 432 g/mol. The van der Waals surface area contributed by atoms with Gasteiger partial charge >= 0.3 is 11.4 Å². The molecule has 0 amide bonds. The van der Waals surface area contributed by atoms with Crippen molar-refractivity contribution in [1.29, 1.82) is 0 Å². The summed E-state index contributed by atoms with van der Waals surface area (Å²) in [5.41, 5.74) is -2.79. The van der Waals surface area contributed by atoms with Crippen molar-refractivity contribution in [2.45, 2.75) is 4.90 Å². The fraction of sp³-hybridized carbons (Fsp3) is 0. The second kappa shape index (κ2) is 8.16. The van der Waals surface area contributed by atoms with E-state index in [9.17, 15) is 40.5 Å². The van der Waals surface area contributed by atoms with E-state index in [1.807, 2.05) is 0 Å². The molecule has 156 valence electrons. The Bertz CT molecular complexity index is 1280. The van der Waals surface area contributed by atoms with Crippen molar-refractivity contribution in [3.8, 4) is 22.3 Å². The first-order valence-electron chi connectivity index (χ1n) is 8.30. The Labute approximate surface area is 177 Å². The molecule has 3 aromatic rings. The van der Waals surface area contributed by atoms with Crippen LogP contribution in [0.3, 0.4) is 0 Å². The van der Waals surface area contributed by atoms with Crippen molar-refractivity contribution in [1.82, 2.24) is 0 Å². The molecule has 13 heteroatoms. The molecule has 0 aliphatic heterocycles. The summed E-state index contributed by atoms with van der Waals surface area (Å²) >= 11 is 4.30. The van der Waals surface area contributed by atoms with Gasteiger partial charge in [0.1, 0.15) is 0 Å². The van der Waals surface area contributed by atoms with Crippen molar-refractivity contribution in [3.63, 3.8) is 0 Å². The Morgan fingerprint density at radius 2 is 1.23 bits per heavy atom. The van der Waals surface area contributed by atoms with E-state index < -0.39 is 42.4 Å². The number of thiol groups is 1. The third-order valence-electron chi connectivity index (χ3n) is 4.38. The van der Waals surface area contributed by atoms with Crippen LogP contribution in [0.2, 0.25) is 0 Å². The summed E-state index contributed by atoms with van der Waals surface area (Å²) in [6.45, 7) is 0. The van der Waals surface area contributed by atoms with Crippen molar-refractivity contribution in [3.05, 3.63) is 95.1 Å². The monoisotopic (exact) mass is 442 g/mol. The maximum atomic E-state index is 11.6. The average Bonchev–Trinajstić information content (AvgIpc) is 2.72. The average molecular weight is 442 g/mol. The highest BCUT2D eigenvalue weighted by molar-refractivity contribution is 7.80. The zero-order valence-corrected chi connectivity index (χ0v) is 16.1. The minimum atomic E-state index is -0.910. The number of nitro groups is 4. The smallest absolute Gasteiger partial charge is 0.258 e. The molecule has 0 fully saturated rings. The molecular formula is C18H10N4O8S. The van der Waals surface area contributed by atoms with Crippen LogP contribution < -0.4 is 0 Å². The number of rotatable bonds is 6. The van der Waals surface area contributed by atoms with E-state index in [1.165, 1.54) is 30.3 Å². The third kappa shape index (κ3) is 3.89. The summed E-state index contributed by atoms with van der Waals surface area (Å²) in [4.78, 5) is 42.3. The van der Waals surface area contributed by atoms with Crippen LogP contribution in [0.1, 0.15) is 0 Å². The number of para-hydroxylation sites is 1. The van der Waals surface area contributed by atoms with Crippen LogP contribution in [-0.2, 0) is 0 Å². The molecule has 3 aromatic carbocycles. The minimum absolute atomic E-state index is 0.0658. The van der Waals surface area contributed by atoms with Gasteiger partial charge < -0.3 is 0 Å². The number of non-ortho nitro benzene ring substituents is 1. The van der Waals surface area contributed by atoms with Crippen molar-refractivity contribution in [2.24, 2.45) is 0 Å². The van der Waals surface area contributed by atoms with Crippen LogP contribution in [-0.4, -0.2) is 19.7 Å². The number of hydrogen-bond donors (Lipinski definition) is 1. The molecule has 0 aliphatic rings. The SMILES string of the molecule is O=[N+]([O-])c1ccc(-c2c(S)cccc2-c2cccc([N+](=O)[O-])c2[N+](=O)[O-])c([N+](=O)[O-])c1. The molecule has 0 unspecified atom stereocenters. The topological polar surface area (TPSA) is 173 Å². The predicted molar refractivity (Wildman–Crippen MR) is 111 cm³/mol. The lowest BCUT2D eigenvalue weighted by Gasteiger charge is -2.13. The molecule has 0 aromatic heterocycles. The van der Waals surface area contributed by atoms with Crippen molar-refractivity contribution >= 4 is 35.4 Å². The van der Waals surface area contributed by atoms with E-state index in [1.54, 1.807) is 0 Å². The van der Waals surface area contributed by atoms with E-state index >= 15 is 0 Å². The molecule has 0 saturated carbocycles. The molecule has 0 atom stereocenters. The molecule has 31 heavy (non-hydrogen) atoms. The summed E-state index contributed by atoms with van der Waals surface area (Å²) in [7, 11) is 0. The Morgan fingerprint density at radius 1 is 0.613 bits per heavy atom. The Kier molecular flexibility index (Phi) is 5.61. The number of nitro benzene ring substituents is 4. The molecule has 0 radical (unpaired) electrons. The van der Waals surface area contributed by atoms with E-state index in [-0.39, 0.29) is 27.1 Å². The highest BCUT2D eigenvalue weighted by atomic mass is 32.1. The van der Waals surface area contributed by atoms with Gasteiger partial charge in [-0.25, -0.2) is 0 Å². The van der Waals surface area contributed by atoms with Gasteiger partial charge in [0, 0.05) is 22.6 Å². The van der Waals surface area contributed by atoms with Gasteiger partial charge in [-0.2, -0.15) is 0 Å². The van der Waals surface area contributed by atoms with Gasteiger partial charge in [0.15, 0.2) is 0 Å². The van der Waals surface area contributed by atoms with E-state index in [2.05, 4.69) is 12.6 Å². The first-order chi connectivity index (χ1) is 14.6. The number of benzene rings is 3. The Morgan fingerprint density at radius 3 is 1.81 bits per heavy atom. The van der Waals surface area contributed by atoms with E-state index in [4.69, 9.17) is 0 Å². The first kappa shape index (κ1) is 21.3. The fourth-order valence-electron chi connectivity index (χ4n) is 3.13. The second-order valence-electron chi connectivity index (χ2n) is 6.10. The lowest BCUT2D eigenvalue weighted by molar-refractivity contribution is -0.422. The van der Waals surface area contributed by atoms with Crippen LogP contribution in [0, 0.1) is 40.5 Å². The normalized spacial score (nSPS) is 10.5. The molecule has 0 N–H and O–H groups in total. The molecule has 12 nitrogen and oxygen atoms in total. The van der Waals surface area contributed by atoms with Crippen LogP contribution >= 0.6 is 12.6 Å². The molecule has 0 heterocycles. The lowest BCUT2D eigenvalue weighted by atomic mass is 9.92. The zero-order valence-electron chi connectivity index (χ0n) is 15.2. The van der Waals surface area contributed by atoms with Gasteiger partial charge in [-0.05, 0) is 23.8 Å². The minimum Gasteiger partial charge on any atom is -0.258 e. The van der Waals surface area contributed by atoms with Crippen LogP contribution in [0.4, 0.5) is 22.7 Å². The van der Waals surface area contributed by atoms with Gasteiger partial charge in [-0.15, -0.1) is 12.6 Å². The van der Waals surface area contributed by atoms with Gasteiger partial charge in [-0.3, -0.25) is 40.5 Å². The quantitative estimate of drug-likeness (QED) is 0.317. The lowest BCUT2D eigenvalue weighted by Crippen LogP contribution is -2.01. The number of hydrogen-bond acceptors (Lipinski definition) is 9. The summed E-state index contributed by atoms with van der Waals surface area (Å²) < 4.78 is 0. The maximum Gasteiger partial charge on any atom is 0.353 e. The highest BCUT2D eigenvalue weighted by Gasteiger charge is 2.31. The third-order valence-corrected chi connectivity index (χ3v) is 4.76. The number of nitrogens with zero attached hydrogens (tertiary/aromatic N) is 4. The molecule has 0 bridgehead atoms. The van der Waals surface area contributed by atoms with Crippen LogP contribution in [0.5, 0.6) is 0 Å². The summed E-state index contributed by atoms with van der Waals surface area (Å²) in [6.07, 6.45) is 0. The van der Waals surface area contributed by atoms with Gasteiger partial charge in [0.05, 0.1) is 36.9 Å². The van der Waals surface area contributed by atoms with Gasteiger partial charge in [-0.1, -0.05) is 18.2 Å². The van der Waals surface area contributed by atoms with E-state index in [0.717, 1.165) is 24.3 Å². The van der Waals surface area contributed by atoms with Gasteiger partial charge in [0.2, 0.25) is 0 Å². The highest BCUT2D eigenvalue weighted by Crippen LogP contribution is 2.46. The molecule has 0 aliphatic carbocycles. The Balaban J connectivity index is 2.42. The van der Waals surface area contributed by atoms with Crippen LogP contribution in [0.15, 0.2) is 59.5 Å². The fourth-order valence-corrected chi connectivity index (χ4v) is 3.46. The van der Waals surface area contributed by atoms with Crippen molar-refractivity contribution in [2.75, 3.05) is 0 Å². The first-order valence-corrected chi connectivity index (χ1v) is 8.75. The molecule has 0 saturated heterocycles. The van der Waals surface area contributed by atoms with Gasteiger partial charge in [0.25, 0.3) is 11.4 Å². The standard InChI is InChI=1S/C18H10N4O8S/c23-19(24)10-7-8-13(15(9-10)21(27)28)17-11(3-2-6-16(17)31)12-4-1-5-14(20(25)26)18(12)22(29)30/h1-9,31H. The Hall–Kier alpha value is -4.39. The summed E-state index contributed by atoms with van der Waals surface area (Å²) in [5.74, 6) is 0. The molecule has 0 spiro atoms. The largest absolute Gasteiger partial charge is 0.353 e.